The molecule has 10 rings (SSSR count). The zero-order chi connectivity index (χ0) is 43.2. The van der Waals surface area contributed by atoms with Crippen LogP contribution in [0.4, 0.5) is 20.7 Å². The fourth-order valence-corrected chi connectivity index (χ4v) is 9.67. The van der Waals surface area contributed by atoms with Gasteiger partial charge in [-0.2, -0.15) is 4.57 Å². The third kappa shape index (κ3) is 9.01. The quantitative estimate of drug-likeness (QED) is 0.109. The van der Waals surface area contributed by atoms with Crippen LogP contribution < -0.4 is 15.2 Å². The van der Waals surface area contributed by atoms with E-state index in [1.807, 2.05) is 30.6 Å². The first-order chi connectivity index (χ1) is 31.6. The molecule has 0 bridgehead atoms. The van der Waals surface area contributed by atoms with Gasteiger partial charge in [-0.15, -0.1) is 9.97 Å². The summed E-state index contributed by atoms with van der Waals surface area (Å²) in [5, 5.41) is 7.18. The predicted molar refractivity (Wildman–Crippen MR) is 242 cm³/mol. The first kappa shape index (κ1) is 41.6. The number of pyridine rings is 1. The second-order valence-electron chi connectivity index (χ2n) is 17.3. The number of anilines is 2. The van der Waals surface area contributed by atoms with Crippen LogP contribution in [0.25, 0.3) is 51.2 Å². The van der Waals surface area contributed by atoms with Crippen molar-refractivity contribution in [2.24, 2.45) is 5.92 Å². The van der Waals surface area contributed by atoms with Gasteiger partial charge in [-0.05, 0) is 111 Å². The minimum absolute atomic E-state index is 0.105. The average molecular weight is 863 g/mol. The van der Waals surface area contributed by atoms with Gasteiger partial charge in [0.05, 0.1) is 36.5 Å². The van der Waals surface area contributed by atoms with Crippen molar-refractivity contribution in [2.45, 2.75) is 95.7 Å². The number of ether oxygens (including phenoxy) is 1. The van der Waals surface area contributed by atoms with Crippen molar-refractivity contribution in [3.63, 3.8) is 0 Å². The van der Waals surface area contributed by atoms with E-state index in [2.05, 4.69) is 46.6 Å². The summed E-state index contributed by atoms with van der Waals surface area (Å²) in [6.45, 7) is 2.62. The van der Waals surface area contributed by atoms with E-state index in [-0.39, 0.29) is 23.7 Å². The Kier molecular flexibility index (Phi) is 12.4. The third-order valence-electron chi connectivity index (χ3n) is 13.1. The van der Waals surface area contributed by atoms with Gasteiger partial charge in [0.2, 0.25) is 5.95 Å². The highest BCUT2D eigenvalue weighted by Crippen LogP contribution is 2.41. The van der Waals surface area contributed by atoms with E-state index in [0.717, 1.165) is 117 Å². The Labute approximate surface area is 372 Å². The number of hydrogen-bond donors (Lipinski definition) is 2. The van der Waals surface area contributed by atoms with Crippen molar-refractivity contribution in [1.29, 1.82) is 0 Å². The maximum absolute atomic E-state index is 14.6. The van der Waals surface area contributed by atoms with E-state index in [1.165, 1.54) is 37.1 Å². The molecule has 3 aliphatic rings. The molecule has 0 spiro atoms. The molecule has 0 amide bonds. The predicted octanol–water partition coefficient (Wildman–Crippen LogP) is 10.3. The highest BCUT2D eigenvalue weighted by atomic mass is 19.1. The molecule has 12 nitrogen and oxygen atoms in total. The molecule has 0 unspecified atom stereocenters. The lowest BCUT2D eigenvalue weighted by molar-refractivity contribution is -0.593. The second kappa shape index (κ2) is 19.1. The Morgan fingerprint density at radius 3 is 2.02 bits per heavy atom. The molecule has 7 aromatic rings. The molecule has 1 aliphatic heterocycles. The molecule has 328 valence electrons. The minimum atomic E-state index is -0.318. The van der Waals surface area contributed by atoms with Gasteiger partial charge in [0.15, 0.2) is 5.69 Å². The first-order valence-corrected chi connectivity index (χ1v) is 23.0. The lowest BCUT2D eigenvalue weighted by Crippen LogP contribution is -2.41. The number of benzene rings is 2. The molecule has 1 saturated heterocycles. The van der Waals surface area contributed by atoms with Gasteiger partial charge in [-0.25, -0.2) is 23.7 Å². The molecule has 6 heterocycles. The third-order valence-corrected chi connectivity index (χ3v) is 13.1. The molecule has 2 aliphatic carbocycles. The number of halogens is 2. The fraction of sp³-hybridized carbons (Fsp3) is 0.380. The largest absolute Gasteiger partial charge is 0.381 e. The molecule has 3 fully saturated rings. The zero-order valence-electron chi connectivity index (χ0n) is 36.0. The van der Waals surface area contributed by atoms with Crippen molar-refractivity contribution >= 4 is 11.9 Å². The van der Waals surface area contributed by atoms with Gasteiger partial charge in [0.25, 0.3) is 0 Å². The monoisotopic (exact) mass is 862 g/mol. The van der Waals surface area contributed by atoms with Crippen LogP contribution in [-0.2, 0) is 11.3 Å². The Balaban J connectivity index is 1.15. The molecule has 2 aromatic carbocycles. The summed E-state index contributed by atoms with van der Waals surface area (Å²) in [5.41, 5.74) is 7.15. The summed E-state index contributed by atoms with van der Waals surface area (Å²) >= 11 is 0. The minimum Gasteiger partial charge on any atom is -0.381 e. The molecule has 64 heavy (non-hydrogen) atoms. The van der Waals surface area contributed by atoms with Gasteiger partial charge < -0.3 is 19.9 Å². The molecular formula is C50H54F2N11O+. The van der Waals surface area contributed by atoms with Crippen molar-refractivity contribution in [2.75, 3.05) is 30.4 Å². The van der Waals surface area contributed by atoms with E-state index < -0.39 is 0 Å². The van der Waals surface area contributed by atoms with Crippen LogP contribution in [0, 0.1) is 17.6 Å². The van der Waals surface area contributed by atoms with E-state index in [1.54, 1.807) is 36.7 Å². The van der Waals surface area contributed by atoms with Gasteiger partial charge in [-0.3, -0.25) is 9.55 Å². The highest BCUT2D eigenvalue weighted by Gasteiger charge is 2.35. The van der Waals surface area contributed by atoms with E-state index in [9.17, 15) is 8.78 Å². The van der Waals surface area contributed by atoms with E-state index in [0.29, 0.717) is 48.2 Å². The maximum atomic E-state index is 14.6. The van der Waals surface area contributed by atoms with Gasteiger partial charge >= 0.3 is 11.9 Å². The van der Waals surface area contributed by atoms with Crippen LogP contribution in [0.2, 0.25) is 0 Å². The van der Waals surface area contributed by atoms with Crippen LogP contribution in [0.1, 0.15) is 94.8 Å². The summed E-state index contributed by atoms with van der Waals surface area (Å²) in [4.78, 5) is 30.2. The molecule has 0 atom stereocenters. The molecular weight excluding hydrogens is 809 g/mol. The Morgan fingerprint density at radius 2 is 1.31 bits per heavy atom. The SMILES string of the molecule is Fc1ccc(-c2ncn(C3CCCCC3)c2-c2cc[n+](-c3nc(-c4ccc(F)cc4)c(-c4ccnc(NCc5ccccn5)n4)n3C3CCCCC3)c(NCC3CCOCC3)n2)cc1. The molecule has 0 radical (unpaired) electrons. The summed E-state index contributed by atoms with van der Waals surface area (Å²) in [7, 11) is 0. The molecule has 2 N–H and O–H groups in total. The molecule has 14 heteroatoms. The van der Waals surface area contributed by atoms with Crippen LogP contribution in [0.5, 0.6) is 0 Å². The number of nitrogens with zero attached hydrogens (tertiary/aromatic N) is 9. The van der Waals surface area contributed by atoms with E-state index >= 15 is 0 Å². The van der Waals surface area contributed by atoms with Crippen LogP contribution in [0.3, 0.4) is 0 Å². The number of rotatable bonds is 13. The van der Waals surface area contributed by atoms with Crippen molar-refractivity contribution < 1.29 is 18.1 Å². The van der Waals surface area contributed by atoms with Crippen molar-refractivity contribution in [1.82, 2.24) is 39.0 Å². The Morgan fingerprint density at radius 1 is 0.625 bits per heavy atom. The van der Waals surface area contributed by atoms with Gasteiger partial charge in [-0.1, -0.05) is 44.6 Å². The van der Waals surface area contributed by atoms with Crippen LogP contribution in [0.15, 0.2) is 104 Å². The van der Waals surface area contributed by atoms with Crippen molar-refractivity contribution in [3.8, 4) is 51.2 Å². The molecule has 2 saturated carbocycles. The zero-order valence-corrected chi connectivity index (χ0v) is 36.0. The number of aromatic nitrogens is 9. The highest BCUT2D eigenvalue weighted by molar-refractivity contribution is 5.79. The van der Waals surface area contributed by atoms with Crippen molar-refractivity contribution in [3.05, 3.63) is 121 Å². The average Bonchev–Trinajstić information content (AvgIpc) is 3.98. The topological polar surface area (TPSA) is 124 Å². The lowest BCUT2D eigenvalue weighted by atomic mass is 9.94. The molecule has 5 aromatic heterocycles. The van der Waals surface area contributed by atoms with Gasteiger partial charge in [0.1, 0.15) is 34.4 Å². The second-order valence-corrected chi connectivity index (χ2v) is 17.3. The van der Waals surface area contributed by atoms with Gasteiger partial charge in [0, 0.05) is 55.4 Å². The smallest absolute Gasteiger partial charge is 0.333 e. The Hall–Kier alpha value is -6.41. The fourth-order valence-electron chi connectivity index (χ4n) is 9.67. The summed E-state index contributed by atoms with van der Waals surface area (Å²) in [5.74, 6) is 1.59. The number of nitrogens with one attached hydrogen (secondary N) is 2. The number of imidazole rings is 2. The Bertz CT molecular complexity index is 2650. The lowest BCUT2D eigenvalue weighted by Gasteiger charge is -2.25. The summed E-state index contributed by atoms with van der Waals surface area (Å²) in [6.07, 6.45) is 20.4. The standard InChI is InChI=1S/C50H53F2N11O/c51-37-18-14-35(15-19-37)44-46(62(33-57-44)40-10-3-1-4-11-40)43-23-28-61(49(59-43)56-31-34-24-29-64-30-25-34)50-60-45(36-16-20-38(52)21-17-36)47(63(50)41-12-5-2-6-13-41)42-22-27-54-48(58-42)55-32-39-9-7-8-26-53-39/h7-9,14-23,26-28,33-34,40-41H,1-6,10-13,24-25,29-32H2,(H,54,55,58)/p+1. The van der Waals surface area contributed by atoms with Crippen LogP contribution in [-0.4, -0.2) is 58.8 Å². The normalized spacial score (nSPS) is 16.5. The number of hydrogen-bond acceptors (Lipinski definition) is 9. The van der Waals surface area contributed by atoms with Crippen LogP contribution >= 0.6 is 0 Å². The first-order valence-electron chi connectivity index (χ1n) is 23.0. The maximum Gasteiger partial charge on any atom is 0.333 e. The van der Waals surface area contributed by atoms with E-state index in [4.69, 9.17) is 24.7 Å². The summed E-state index contributed by atoms with van der Waals surface area (Å²) < 4.78 is 41.3. The summed E-state index contributed by atoms with van der Waals surface area (Å²) in [6, 6.07) is 23.3.